The lowest BCUT2D eigenvalue weighted by molar-refractivity contribution is -0.119. The van der Waals surface area contributed by atoms with Crippen LogP contribution in [0.3, 0.4) is 0 Å². The summed E-state index contributed by atoms with van der Waals surface area (Å²) in [7, 11) is -4.12. The highest BCUT2D eigenvalue weighted by Crippen LogP contribution is 2.38. The van der Waals surface area contributed by atoms with Gasteiger partial charge >= 0.3 is 0 Å². The second kappa shape index (κ2) is 10.6. The van der Waals surface area contributed by atoms with Crippen molar-refractivity contribution in [2.24, 2.45) is 0 Å². The molecule has 38 heavy (non-hydrogen) atoms. The quantitative estimate of drug-likeness (QED) is 0.418. The van der Waals surface area contributed by atoms with Gasteiger partial charge in [0.25, 0.3) is 15.9 Å². The Morgan fingerprint density at radius 3 is 2.53 bits per heavy atom. The molecule has 2 aliphatic heterocycles. The first-order valence-corrected chi connectivity index (χ1v) is 14.2. The molecule has 1 aromatic heterocycles. The van der Waals surface area contributed by atoms with Gasteiger partial charge in [0.2, 0.25) is 5.91 Å². The van der Waals surface area contributed by atoms with Gasteiger partial charge in [0, 0.05) is 23.9 Å². The Morgan fingerprint density at radius 2 is 1.84 bits per heavy atom. The molecule has 1 unspecified atom stereocenters. The first-order valence-electron chi connectivity index (χ1n) is 11.6. The van der Waals surface area contributed by atoms with E-state index in [1.165, 1.54) is 36.4 Å². The molecule has 2 atom stereocenters. The van der Waals surface area contributed by atoms with Crippen molar-refractivity contribution in [1.29, 1.82) is 0 Å². The van der Waals surface area contributed by atoms with Crippen LogP contribution in [0.2, 0.25) is 15.1 Å². The molecule has 0 bridgehead atoms. The molecule has 2 N–H and O–H groups in total. The summed E-state index contributed by atoms with van der Waals surface area (Å²) in [5, 5.41) is 6.08. The van der Waals surface area contributed by atoms with Gasteiger partial charge in [0.1, 0.15) is 11.9 Å². The van der Waals surface area contributed by atoms with Crippen molar-refractivity contribution in [3.05, 3.63) is 75.2 Å². The van der Waals surface area contributed by atoms with Gasteiger partial charge in [-0.25, -0.2) is 17.7 Å². The number of aromatic nitrogens is 1. The summed E-state index contributed by atoms with van der Waals surface area (Å²) in [4.78, 5) is 29.0. The number of amides is 2. The van der Waals surface area contributed by atoms with E-state index in [1.807, 2.05) is 0 Å². The zero-order valence-corrected chi connectivity index (χ0v) is 22.7. The van der Waals surface area contributed by atoms with E-state index in [-0.39, 0.29) is 61.4 Å². The number of carbonyl (C=O) groups excluding carboxylic acids is 2. The average molecular weight is 596 g/mol. The van der Waals surface area contributed by atoms with Crippen molar-refractivity contribution < 1.29 is 22.7 Å². The van der Waals surface area contributed by atoms with E-state index in [0.717, 1.165) is 4.31 Å². The molecule has 2 amide bonds. The number of fused-ring (bicyclic) bond motifs is 1. The molecular weight excluding hydrogens is 575 g/mol. The molecule has 0 radical (unpaired) electrons. The average Bonchev–Trinajstić information content (AvgIpc) is 3.28. The van der Waals surface area contributed by atoms with Crippen molar-refractivity contribution in [1.82, 2.24) is 10.3 Å². The predicted molar refractivity (Wildman–Crippen MR) is 145 cm³/mol. The van der Waals surface area contributed by atoms with Crippen LogP contribution >= 0.6 is 34.8 Å². The highest BCUT2D eigenvalue weighted by Gasteiger charge is 2.38. The summed E-state index contributed by atoms with van der Waals surface area (Å²) in [5.41, 5.74) is 0.0636. The number of carbonyl (C=O) groups is 2. The zero-order valence-electron chi connectivity index (χ0n) is 19.7. The van der Waals surface area contributed by atoms with Crippen LogP contribution in [-0.4, -0.2) is 43.9 Å². The molecule has 9 nitrogen and oxygen atoms in total. The summed E-state index contributed by atoms with van der Waals surface area (Å²) in [6, 6.07) is 13.5. The fourth-order valence-corrected chi connectivity index (χ4v) is 6.74. The number of anilines is 2. The predicted octanol–water partition coefficient (Wildman–Crippen LogP) is 4.92. The monoisotopic (exact) mass is 594 g/mol. The molecule has 0 aliphatic carbocycles. The first kappa shape index (κ1) is 26.6. The maximum atomic E-state index is 13.8. The Hall–Kier alpha value is -3.05. The molecule has 3 aromatic rings. The van der Waals surface area contributed by atoms with E-state index >= 15 is 0 Å². The number of nitrogens with one attached hydrogen (secondary N) is 2. The van der Waals surface area contributed by atoms with Crippen LogP contribution in [0.5, 0.6) is 5.75 Å². The summed E-state index contributed by atoms with van der Waals surface area (Å²) in [6.07, 6.45) is 0.916. The lowest BCUT2D eigenvalue weighted by Crippen LogP contribution is -2.46. The fraction of sp³-hybridized carbons (Fsp3) is 0.240. The third-order valence-electron chi connectivity index (χ3n) is 6.19. The zero-order chi connectivity index (χ0) is 27.0. The van der Waals surface area contributed by atoms with Gasteiger partial charge in [-0.2, -0.15) is 0 Å². The van der Waals surface area contributed by atoms with Crippen molar-refractivity contribution >= 4 is 68.3 Å². The fourth-order valence-electron chi connectivity index (χ4n) is 4.42. The van der Waals surface area contributed by atoms with Gasteiger partial charge in [-0.3, -0.25) is 9.59 Å². The SMILES string of the molecule is O=C1CCC(C[C@H]2CN(S(=O)(=O)c3cccc(Cl)c3)c3nc(NC(=O)c4c(Cl)cccc4Cl)ccc3O2)N1. The minimum atomic E-state index is -4.12. The Morgan fingerprint density at radius 1 is 1.11 bits per heavy atom. The molecule has 2 aromatic carbocycles. The van der Waals surface area contributed by atoms with Crippen molar-refractivity contribution in [3.63, 3.8) is 0 Å². The van der Waals surface area contributed by atoms with E-state index in [9.17, 15) is 18.0 Å². The second-order valence-electron chi connectivity index (χ2n) is 8.84. The Labute approximate surface area is 234 Å². The molecule has 0 spiro atoms. The van der Waals surface area contributed by atoms with Gasteiger partial charge in [-0.1, -0.05) is 46.9 Å². The topological polar surface area (TPSA) is 118 Å². The van der Waals surface area contributed by atoms with Crippen LogP contribution in [0, 0.1) is 0 Å². The van der Waals surface area contributed by atoms with Gasteiger partial charge in [-0.05, 0) is 48.9 Å². The number of ether oxygens (including phenoxy) is 1. The number of pyridine rings is 1. The summed E-state index contributed by atoms with van der Waals surface area (Å²) in [6.45, 7) is -0.0606. The summed E-state index contributed by atoms with van der Waals surface area (Å²) < 4.78 is 34.8. The van der Waals surface area contributed by atoms with Crippen LogP contribution < -0.4 is 19.7 Å². The molecule has 0 saturated carbocycles. The largest absolute Gasteiger partial charge is 0.485 e. The third-order valence-corrected chi connectivity index (χ3v) is 8.80. The Bertz CT molecular complexity index is 1510. The maximum Gasteiger partial charge on any atom is 0.265 e. The highest BCUT2D eigenvalue weighted by atomic mass is 35.5. The van der Waals surface area contributed by atoms with Crippen LogP contribution in [0.15, 0.2) is 59.5 Å². The maximum absolute atomic E-state index is 13.8. The normalized spacial score (nSPS) is 18.9. The smallest absolute Gasteiger partial charge is 0.265 e. The standard InChI is InChI=1S/C25H21Cl3N4O5S/c26-14-3-1-4-17(11-14)38(35,36)32-13-16(12-15-7-10-22(33)29-15)37-20-8-9-21(30-24(20)32)31-25(34)23-18(27)5-2-6-19(23)28/h1-6,8-9,11,15-16H,7,10,12-13H2,(H,29,33)(H,30,31,34)/t15?,16-/m0/s1. The Balaban J connectivity index is 1.50. The van der Waals surface area contributed by atoms with Crippen molar-refractivity contribution in [3.8, 4) is 5.75 Å². The van der Waals surface area contributed by atoms with Crippen LogP contribution in [0.4, 0.5) is 11.6 Å². The number of benzene rings is 2. The minimum absolute atomic E-state index is 0.000242. The molecular formula is C25H21Cl3N4O5S. The minimum Gasteiger partial charge on any atom is -0.485 e. The first-order chi connectivity index (χ1) is 18.1. The van der Waals surface area contributed by atoms with Gasteiger partial charge in [0.15, 0.2) is 11.6 Å². The second-order valence-corrected chi connectivity index (χ2v) is 12.0. The lowest BCUT2D eigenvalue weighted by Gasteiger charge is -2.35. The van der Waals surface area contributed by atoms with Gasteiger partial charge in [-0.15, -0.1) is 0 Å². The Kier molecular flexibility index (Phi) is 7.41. The number of hydrogen-bond donors (Lipinski definition) is 2. The molecule has 1 fully saturated rings. The highest BCUT2D eigenvalue weighted by molar-refractivity contribution is 7.92. The molecule has 13 heteroatoms. The molecule has 3 heterocycles. The molecule has 2 aliphatic rings. The van der Waals surface area contributed by atoms with E-state index in [4.69, 9.17) is 39.5 Å². The molecule has 198 valence electrons. The summed E-state index contributed by atoms with van der Waals surface area (Å²) >= 11 is 18.4. The summed E-state index contributed by atoms with van der Waals surface area (Å²) in [5.74, 6) is -0.370. The number of hydrogen-bond acceptors (Lipinski definition) is 6. The van der Waals surface area contributed by atoms with Crippen LogP contribution in [0.25, 0.3) is 0 Å². The number of nitrogens with zero attached hydrogens (tertiary/aromatic N) is 2. The van der Waals surface area contributed by atoms with Crippen LogP contribution in [-0.2, 0) is 14.8 Å². The van der Waals surface area contributed by atoms with E-state index in [0.29, 0.717) is 19.3 Å². The molecule has 5 rings (SSSR count). The molecule has 1 saturated heterocycles. The number of halogens is 3. The van der Waals surface area contributed by atoms with E-state index < -0.39 is 22.0 Å². The number of rotatable bonds is 6. The van der Waals surface area contributed by atoms with Crippen molar-refractivity contribution in [2.75, 3.05) is 16.2 Å². The van der Waals surface area contributed by atoms with E-state index in [1.54, 1.807) is 18.2 Å². The van der Waals surface area contributed by atoms with E-state index in [2.05, 4.69) is 15.6 Å². The number of sulfonamides is 1. The van der Waals surface area contributed by atoms with Gasteiger partial charge in [0.05, 0.1) is 27.0 Å². The van der Waals surface area contributed by atoms with Gasteiger partial charge < -0.3 is 15.4 Å². The van der Waals surface area contributed by atoms with Crippen LogP contribution in [0.1, 0.15) is 29.6 Å². The lowest BCUT2D eigenvalue weighted by atomic mass is 10.1. The van der Waals surface area contributed by atoms with Crippen molar-refractivity contribution in [2.45, 2.75) is 36.3 Å². The third kappa shape index (κ3) is 5.40.